The topological polar surface area (TPSA) is 78.5 Å². The minimum Gasteiger partial charge on any atom is -0.354 e. The van der Waals surface area contributed by atoms with Crippen molar-refractivity contribution in [3.05, 3.63) is 71.5 Å². The normalized spacial score (nSPS) is 18.9. The van der Waals surface area contributed by atoms with Crippen LogP contribution in [0.4, 0.5) is 9.18 Å². The molecule has 0 bridgehead atoms. The molecule has 1 fully saturated rings. The van der Waals surface area contributed by atoms with Crippen molar-refractivity contribution >= 4 is 17.8 Å². The van der Waals surface area contributed by atoms with E-state index in [9.17, 15) is 18.8 Å². The second kappa shape index (κ2) is 8.21. The van der Waals surface area contributed by atoms with Gasteiger partial charge in [-0.25, -0.2) is 9.18 Å². The van der Waals surface area contributed by atoms with E-state index < -0.39 is 23.4 Å². The number of carbonyl (C=O) groups excluding carboxylic acids is 3. The van der Waals surface area contributed by atoms with Crippen LogP contribution < -0.4 is 10.6 Å². The number of rotatable bonds is 7. The summed E-state index contributed by atoms with van der Waals surface area (Å²) in [5, 5.41) is 5.44. The maximum atomic E-state index is 13.0. The summed E-state index contributed by atoms with van der Waals surface area (Å²) in [6, 6.07) is 14.4. The Hall–Kier alpha value is -3.22. The molecule has 1 atom stereocenters. The van der Waals surface area contributed by atoms with E-state index in [-0.39, 0.29) is 12.4 Å². The smallest absolute Gasteiger partial charge is 0.325 e. The first-order valence-corrected chi connectivity index (χ1v) is 9.17. The van der Waals surface area contributed by atoms with Gasteiger partial charge in [-0.2, -0.15) is 0 Å². The lowest BCUT2D eigenvalue weighted by molar-refractivity contribution is -0.135. The number of imide groups is 1. The second-order valence-corrected chi connectivity index (χ2v) is 6.67. The molecule has 1 saturated heterocycles. The first-order valence-electron chi connectivity index (χ1n) is 9.17. The Kier molecular flexibility index (Phi) is 5.73. The number of carbonyl (C=O) groups is 3. The van der Waals surface area contributed by atoms with Crippen LogP contribution >= 0.6 is 0 Å². The fourth-order valence-corrected chi connectivity index (χ4v) is 3.33. The summed E-state index contributed by atoms with van der Waals surface area (Å²) in [5.74, 6) is -1.17. The predicted molar refractivity (Wildman–Crippen MR) is 102 cm³/mol. The molecule has 28 heavy (non-hydrogen) atoms. The average Bonchev–Trinajstić information content (AvgIpc) is 2.95. The molecular weight excluding hydrogens is 361 g/mol. The van der Waals surface area contributed by atoms with Gasteiger partial charge in [-0.3, -0.25) is 14.5 Å². The van der Waals surface area contributed by atoms with Crippen molar-refractivity contribution in [3.63, 3.8) is 0 Å². The Morgan fingerprint density at radius 2 is 1.79 bits per heavy atom. The van der Waals surface area contributed by atoms with Gasteiger partial charge in [-0.15, -0.1) is 0 Å². The van der Waals surface area contributed by atoms with Crippen molar-refractivity contribution in [1.29, 1.82) is 0 Å². The van der Waals surface area contributed by atoms with Gasteiger partial charge in [0.15, 0.2) is 0 Å². The SMILES string of the molecule is CC[C@@]1(c2ccccc2)NC(=O)N(CC(=O)NCCc2ccc(F)cc2)C1=O. The molecular formula is C21H22FN3O3. The van der Waals surface area contributed by atoms with Crippen molar-refractivity contribution < 1.29 is 18.8 Å². The zero-order valence-electron chi connectivity index (χ0n) is 15.6. The number of amides is 4. The van der Waals surface area contributed by atoms with Crippen molar-refractivity contribution in [2.75, 3.05) is 13.1 Å². The van der Waals surface area contributed by atoms with Crippen LogP contribution in [0, 0.1) is 5.82 Å². The fraction of sp³-hybridized carbons (Fsp3) is 0.286. The Morgan fingerprint density at radius 1 is 1.11 bits per heavy atom. The van der Waals surface area contributed by atoms with Crippen molar-refractivity contribution in [3.8, 4) is 0 Å². The first-order chi connectivity index (χ1) is 13.5. The average molecular weight is 383 g/mol. The molecule has 4 amide bonds. The number of hydrogen-bond acceptors (Lipinski definition) is 3. The molecule has 0 spiro atoms. The summed E-state index contributed by atoms with van der Waals surface area (Å²) in [5.41, 5.74) is 0.424. The predicted octanol–water partition coefficient (Wildman–Crippen LogP) is 2.34. The third kappa shape index (κ3) is 3.88. The van der Waals surface area contributed by atoms with Crippen LogP contribution in [-0.4, -0.2) is 35.8 Å². The van der Waals surface area contributed by atoms with Gasteiger partial charge in [-0.1, -0.05) is 49.4 Å². The monoisotopic (exact) mass is 383 g/mol. The van der Waals surface area contributed by atoms with E-state index in [1.165, 1.54) is 12.1 Å². The lowest BCUT2D eigenvalue weighted by Gasteiger charge is -2.25. The maximum Gasteiger partial charge on any atom is 0.325 e. The van der Waals surface area contributed by atoms with E-state index >= 15 is 0 Å². The molecule has 7 heteroatoms. The third-order valence-electron chi connectivity index (χ3n) is 4.92. The number of halogens is 1. The van der Waals surface area contributed by atoms with Gasteiger partial charge in [0.25, 0.3) is 5.91 Å². The van der Waals surface area contributed by atoms with E-state index in [4.69, 9.17) is 0 Å². The highest BCUT2D eigenvalue weighted by atomic mass is 19.1. The Morgan fingerprint density at radius 3 is 2.43 bits per heavy atom. The minimum atomic E-state index is -1.15. The number of urea groups is 1. The molecule has 146 valence electrons. The number of hydrogen-bond donors (Lipinski definition) is 2. The molecule has 2 aromatic rings. The van der Waals surface area contributed by atoms with Gasteiger partial charge in [0, 0.05) is 6.54 Å². The van der Waals surface area contributed by atoms with Gasteiger partial charge in [-0.05, 0) is 36.1 Å². The Labute approximate surface area is 162 Å². The van der Waals surface area contributed by atoms with Gasteiger partial charge < -0.3 is 10.6 Å². The molecule has 0 aromatic heterocycles. The van der Waals surface area contributed by atoms with Crippen LogP contribution in [0.25, 0.3) is 0 Å². The summed E-state index contributed by atoms with van der Waals surface area (Å²) in [6.45, 7) is 1.80. The van der Waals surface area contributed by atoms with Gasteiger partial charge >= 0.3 is 6.03 Å². The zero-order valence-corrected chi connectivity index (χ0v) is 15.6. The molecule has 1 aliphatic heterocycles. The summed E-state index contributed by atoms with van der Waals surface area (Å²) >= 11 is 0. The number of nitrogens with zero attached hydrogens (tertiary/aromatic N) is 1. The zero-order chi connectivity index (χ0) is 20.1. The number of nitrogens with one attached hydrogen (secondary N) is 2. The molecule has 0 aliphatic carbocycles. The van der Waals surface area contributed by atoms with E-state index in [1.54, 1.807) is 36.4 Å². The van der Waals surface area contributed by atoms with Crippen LogP contribution in [-0.2, 0) is 21.5 Å². The molecule has 1 heterocycles. The highest BCUT2D eigenvalue weighted by Crippen LogP contribution is 2.32. The molecule has 6 nitrogen and oxygen atoms in total. The van der Waals surface area contributed by atoms with Crippen LogP contribution in [0.3, 0.4) is 0 Å². The fourth-order valence-electron chi connectivity index (χ4n) is 3.33. The summed E-state index contributed by atoms with van der Waals surface area (Å²) in [7, 11) is 0. The highest BCUT2D eigenvalue weighted by Gasteiger charge is 2.51. The number of benzene rings is 2. The summed E-state index contributed by atoms with van der Waals surface area (Å²) in [4.78, 5) is 38.5. The van der Waals surface area contributed by atoms with Crippen molar-refractivity contribution in [1.82, 2.24) is 15.5 Å². The van der Waals surface area contributed by atoms with E-state index in [1.807, 2.05) is 13.0 Å². The second-order valence-electron chi connectivity index (χ2n) is 6.67. The van der Waals surface area contributed by atoms with Gasteiger partial charge in [0.05, 0.1) is 0 Å². The van der Waals surface area contributed by atoms with Crippen LogP contribution in [0.2, 0.25) is 0 Å². The van der Waals surface area contributed by atoms with Gasteiger partial charge in [0.1, 0.15) is 17.9 Å². The van der Waals surface area contributed by atoms with E-state index in [2.05, 4.69) is 10.6 Å². The van der Waals surface area contributed by atoms with Crippen molar-refractivity contribution in [2.45, 2.75) is 25.3 Å². The van der Waals surface area contributed by atoms with Crippen LogP contribution in [0.15, 0.2) is 54.6 Å². The van der Waals surface area contributed by atoms with Crippen LogP contribution in [0.5, 0.6) is 0 Å². The maximum absolute atomic E-state index is 13.0. The molecule has 2 aromatic carbocycles. The molecule has 2 N–H and O–H groups in total. The standard InChI is InChI=1S/C21H22FN3O3/c1-2-21(16-6-4-3-5-7-16)19(27)25(20(28)24-21)14-18(26)23-13-12-15-8-10-17(22)11-9-15/h3-11H,2,12-14H2,1H3,(H,23,26)(H,24,28)/t21-/m0/s1. The molecule has 0 unspecified atom stereocenters. The van der Waals surface area contributed by atoms with E-state index in [0.717, 1.165) is 10.5 Å². The summed E-state index contributed by atoms with van der Waals surface area (Å²) < 4.78 is 12.9. The molecule has 3 rings (SSSR count). The third-order valence-corrected chi connectivity index (χ3v) is 4.92. The Bertz CT molecular complexity index is 870. The first kappa shape index (κ1) is 19.5. The molecule has 0 saturated carbocycles. The Balaban J connectivity index is 1.60. The van der Waals surface area contributed by atoms with Crippen molar-refractivity contribution in [2.24, 2.45) is 0 Å². The molecule has 1 aliphatic rings. The van der Waals surface area contributed by atoms with Crippen LogP contribution in [0.1, 0.15) is 24.5 Å². The lowest BCUT2D eigenvalue weighted by Crippen LogP contribution is -2.45. The van der Waals surface area contributed by atoms with E-state index in [0.29, 0.717) is 24.9 Å². The lowest BCUT2D eigenvalue weighted by atomic mass is 9.87. The van der Waals surface area contributed by atoms with Gasteiger partial charge in [0.2, 0.25) is 5.91 Å². The molecule has 0 radical (unpaired) electrons. The summed E-state index contributed by atoms with van der Waals surface area (Å²) in [6.07, 6.45) is 0.902. The minimum absolute atomic E-state index is 0.316. The quantitative estimate of drug-likeness (QED) is 0.721. The largest absolute Gasteiger partial charge is 0.354 e. The highest BCUT2D eigenvalue weighted by molar-refractivity contribution is 6.09.